The van der Waals surface area contributed by atoms with E-state index < -0.39 is 0 Å². The second kappa shape index (κ2) is 10.1. The van der Waals surface area contributed by atoms with Gasteiger partial charge < -0.3 is 5.11 Å². The molecule has 0 spiro atoms. The van der Waals surface area contributed by atoms with E-state index in [1.807, 2.05) is 24.3 Å². The maximum Gasteiger partial charge on any atom is 0.0706 e. The summed E-state index contributed by atoms with van der Waals surface area (Å²) in [5, 5.41) is 9.98. The number of aromatic nitrogens is 1. The van der Waals surface area contributed by atoms with Crippen LogP contribution in [-0.2, 0) is 6.61 Å². The predicted molar refractivity (Wildman–Crippen MR) is 110 cm³/mol. The first-order valence-electron chi connectivity index (χ1n) is 9.28. The Bertz CT molecular complexity index is 672. The second-order valence-electron chi connectivity index (χ2n) is 6.89. The highest BCUT2D eigenvalue weighted by Gasteiger charge is 2.21. The molecule has 0 saturated carbocycles. The van der Waals surface area contributed by atoms with E-state index in [0.29, 0.717) is 5.92 Å². The lowest BCUT2D eigenvalue weighted by molar-refractivity contribution is 0.280. The van der Waals surface area contributed by atoms with Crippen LogP contribution in [0.25, 0.3) is 17.2 Å². The van der Waals surface area contributed by atoms with Gasteiger partial charge in [0.05, 0.1) is 12.3 Å². The fourth-order valence-electron chi connectivity index (χ4n) is 2.90. The number of nitrogens with zero attached hydrogens (tertiary/aromatic N) is 1. The molecule has 0 fully saturated rings. The molecule has 1 heterocycles. The largest absolute Gasteiger partial charge is 0.392 e. The first-order valence-corrected chi connectivity index (χ1v) is 9.28. The Morgan fingerprint density at radius 1 is 1.00 bits per heavy atom. The van der Waals surface area contributed by atoms with Gasteiger partial charge in [0.1, 0.15) is 0 Å². The van der Waals surface area contributed by atoms with E-state index in [4.69, 9.17) is 4.98 Å². The van der Waals surface area contributed by atoms with Crippen molar-refractivity contribution < 1.29 is 5.11 Å². The van der Waals surface area contributed by atoms with Crippen molar-refractivity contribution in [3.63, 3.8) is 0 Å². The summed E-state index contributed by atoms with van der Waals surface area (Å²) >= 11 is 0. The van der Waals surface area contributed by atoms with E-state index in [1.165, 1.54) is 6.42 Å². The van der Waals surface area contributed by atoms with Gasteiger partial charge in [0.15, 0.2) is 0 Å². The molecule has 136 valence electrons. The zero-order valence-electron chi connectivity index (χ0n) is 16.6. The van der Waals surface area contributed by atoms with Gasteiger partial charge in [-0.05, 0) is 23.0 Å². The first-order chi connectivity index (χ1) is 11.9. The van der Waals surface area contributed by atoms with Crippen molar-refractivity contribution in [3.05, 3.63) is 59.4 Å². The Balaban J connectivity index is 0.000000970. The van der Waals surface area contributed by atoms with Crippen LogP contribution in [0.3, 0.4) is 0 Å². The van der Waals surface area contributed by atoms with E-state index in [0.717, 1.165) is 33.6 Å². The van der Waals surface area contributed by atoms with Crippen LogP contribution >= 0.6 is 0 Å². The summed E-state index contributed by atoms with van der Waals surface area (Å²) < 4.78 is 0. The summed E-state index contributed by atoms with van der Waals surface area (Å²) in [4.78, 5) is 4.87. The SMILES string of the molecule is C=Cc1c(C(C)C)nc(C(C)C)c(CO)c1-c1ccccc1.CCC. The summed E-state index contributed by atoms with van der Waals surface area (Å²) in [6, 6.07) is 10.2. The molecule has 1 aromatic heterocycles. The maximum absolute atomic E-state index is 9.98. The van der Waals surface area contributed by atoms with Crippen molar-refractivity contribution in [1.82, 2.24) is 4.98 Å². The Kier molecular flexibility index (Phi) is 8.57. The monoisotopic (exact) mass is 339 g/mol. The molecule has 2 heteroatoms. The molecule has 0 unspecified atom stereocenters. The fourth-order valence-corrected chi connectivity index (χ4v) is 2.90. The molecule has 0 saturated heterocycles. The van der Waals surface area contributed by atoms with E-state index in [2.05, 4.69) is 60.3 Å². The number of hydrogen-bond donors (Lipinski definition) is 1. The van der Waals surface area contributed by atoms with Gasteiger partial charge in [0.25, 0.3) is 0 Å². The highest BCUT2D eigenvalue weighted by molar-refractivity contribution is 5.79. The van der Waals surface area contributed by atoms with Crippen molar-refractivity contribution >= 4 is 6.08 Å². The molecule has 1 aromatic carbocycles. The average molecular weight is 340 g/mol. The number of benzene rings is 1. The zero-order valence-corrected chi connectivity index (χ0v) is 16.6. The Hall–Kier alpha value is -1.93. The van der Waals surface area contributed by atoms with Crippen molar-refractivity contribution in [2.75, 3.05) is 0 Å². The zero-order chi connectivity index (χ0) is 19.0. The van der Waals surface area contributed by atoms with Gasteiger partial charge in [-0.2, -0.15) is 0 Å². The van der Waals surface area contributed by atoms with E-state index >= 15 is 0 Å². The summed E-state index contributed by atoms with van der Waals surface area (Å²) in [7, 11) is 0. The van der Waals surface area contributed by atoms with Gasteiger partial charge in [-0.3, -0.25) is 4.98 Å². The molecule has 2 nitrogen and oxygen atoms in total. The quantitative estimate of drug-likeness (QED) is 0.670. The fraction of sp³-hybridized carbons (Fsp3) is 0.435. The number of aliphatic hydroxyl groups is 1. The van der Waals surface area contributed by atoms with Crippen molar-refractivity contribution in [3.8, 4) is 11.1 Å². The first kappa shape index (κ1) is 21.1. The van der Waals surface area contributed by atoms with Crippen LogP contribution < -0.4 is 0 Å². The maximum atomic E-state index is 9.98. The van der Waals surface area contributed by atoms with Crippen molar-refractivity contribution in [2.45, 2.75) is 66.4 Å². The van der Waals surface area contributed by atoms with Crippen LogP contribution in [0.2, 0.25) is 0 Å². The molecular formula is C23H33NO. The molecule has 1 N–H and O–H groups in total. The molecule has 0 bridgehead atoms. The van der Waals surface area contributed by atoms with Gasteiger partial charge in [0.2, 0.25) is 0 Å². The van der Waals surface area contributed by atoms with Crippen LogP contribution in [0.1, 0.15) is 82.3 Å². The molecule has 0 aliphatic rings. The number of pyridine rings is 1. The van der Waals surface area contributed by atoms with Crippen LogP contribution in [-0.4, -0.2) is 10.1 Å². The standard InChI is InChI=1S/C20H25NO.C3H8/c1-6-16-18(15-10-8-7-9-11-15)17(12-22)20(14(4)5)21-19(16)13(2)3;1-3-2/h6-11,13-14,22H,1,12H2,2-5H3;3H2,1-2H3. The minimum absolute atomic E-state index is 0.00996. The molecule has 0 atom stereocenters. The Labute approximate surface area is 153 Å². The Morgan fingerprint density at radius 2 is 1.52 bits per heavy atom. The van der Waals surface area contributed by atoms with E-state index in [1.54, 1.807) is 0 Å². The number of hydrogen-bond acceptors (Lipinski definition) is 2. The minimum atomic E-state index is -0.00996. The van der Waals surface area contributed by atoms with Crippen LogP contribution in [0, 0.1) is 0 Å². The lowest BCUT2D eigenvalue weighted by Gasteiger charge is -2.22. The molecule has 0 aliphatic heterocycles. The smallest absolute Gasteiger partial charge is 0.0706 e. The lowest BCUT2D eigenvalue weighted by Crippen LogP contribution is -2.10. The van der Waals surface area contributed by atoms with Crippen molar-refractivity contribution in [1.29, 1.82) is 0 Å². The third-order valence-electron chi connectivity index (χ3n) is 3.92. The average Bonchev–Trinajstić information content (AvgIpc) is 2.60. The second-order valence-corrected chi connectivity index (χ2v) is 6.89. The van der Waals surface area contributed by atoms with Gasteiger partial charge >= 0.3 is 0 Å². The van der Waals surface area contributed by atoms with Gasteiger partial charge in [0, 0.05) is 16.8 Å². The highest BCUT2D eigenvalue weighted by Crippen LogP contribution is 2.36. The normalized spacial score (nSPS) is 10.6. The van der Waals surface area contributed by atoms with Gasteiger partial charge in [-0.1, -0.05) is 91.0 Å². The number of rotatable bonds is 5. The highest BCUT2D eigenvalue weighted by atomic mass is 16.3. The van der Waals surface area contributed by atoms with Gasteiger partial charge in [-0.25, -0.2) is 0 Å². The molecular weight excluding hydrogens is 306 g/mol. The molecule has 25 heavy (non-hydrogen) atoms. The van der Waals surface area contributed by atoms with Gasteiger partial charge in [-0.15, -0.1) is 0 Å². The van der Waals surface area contributed by atoms with E-state index in [-0.39, 0.29) is 12.5 Å². The minimum Gasteiger partial charge on any atom is -0.392 e. The molecule has 0 radical (unpaired) electrons. The molecule has 0 amide bonds. The predicted octanol–water partition coefficient (Wildman–Crippen LogP) is 6.55. The lowest BCUT2D eigenvalue weighted by atomic mass is 9.87. The van der Waals surface area contributed by atoms with Crippen LogP contribution in [0.5, 0.6) is 0 Å². The van der Waals surface area contributed by atoms with Crippen LogP contribution in [0.4, 0.5) is 0 Å². The summed E-state index contributed by atoms with van der Waals surface area (Å²) in [5.41, 5.74) is 6.16. The molecule has 2 rings (SSSR count). The molecule has 0 aliphatic carbocycles. The summed E-state index contributed by atoms with van der Waals surface area (Å²) in [5.74, 6) is 0.571. The van der Waals surface area contributed by atoms with E-state index in [9.17, 15) is 5.11 Å². The molecule has 2 aromatic rings. The Morgan fingerprint density at radius 3 is 1.92 bits per heavy atom. The summed E-state index contributed by atoms with van der Waals surface area (Å²) in [6.45, 7) is 16.8. The number of aliphatic hydroxyl groups excluding tert-OH is 1. The van der Waals surface area contributed by atoms with Crippen molar-refractivity contribution in [2.24, 2.45) is 0 Å². The topological polar surface area (TPSA) is 33.1 Å². The van der Waals surface area contributed by atoms with Crippen LogP contribution in [0.15, 0.2) is 36.9 Å². The third-order valence-corrected chi connectivity index (χ3v) is 3.92. The summed E-state index contributed by atoms with van der Waals surface area (Å²) in [6.07, 6.45) is 3.12. The third kappa shape index (κ3) is 5.02.